The summed E-state index contributed by atoms with van der Waals surface area (Å²) in [6.07, 6.45) is 9.23. The van der Waals surface area contributed by atoms with Gasteiger partial charge in [0, 0.05) is 43.7 Å². The van der Waals surface area contributed by atoms with E-state index in [9.17, 15) is 19.8 Å². The zero-order valence-corrected chi connectivity index (χ0v) is 26.6. The number of hydrogen-bond donors (Lipinski definition) is 2. The van der Waals surface area contributed by atoms with E-state index in [1.54, 1.807) is 32.4 Å². The van der Waals surface area contributed by atoms with E-state index in [-0.39, 0.29) is 23.1 Å². The molecule has 1 saturated carbocycles. The van der Waals surface area contributed by atoms with Gasteiger partial charge in [-0.2, -0.15) is 0 Å². The van der Waals surface area contributed by atoms with Crippen LogP contribution in [0.25, 0.3) is 0 Å². The summed E-state index contributed by atoms with van der Waals surface area (Å²) < 4.78 is 12.6. The van der Waals surface area contributed by atoms with Gasteiger partial charge >= 0.3 is 5.97 Å². The highest BCUT2D eigenvalue weighted by Crippen LogP contribution is 2.47. The van der Waals surface area contributed by atoms with Crippen molar-refractivity contribution in [2.75, 3.05) is 38.8 Å². The normalized spacial score (nSPS) is 33.0. The van der Waals surface area contributed by atoms with Crippen molar-refractivity contribution in [3.8, 4) is 5.75 Å². The minimum atomic E-state index is -2.39. The predicted octanol–water partition coefficient (Wildman–Crippen LogP) is 5.32. The molecule has 2 aliphatic carbocycles. The van der Waals surface area contributed by atoms with Crippen molar-refractivity contribution in [1.82, 2.24) is 4.90 Å². The number of rotatable bonds is 2. The Morgan fingerprint density at radius 1 is 1.18 bits per heavy atom. The lowest BCUT2D eigenvalue weighted by atomic mass is 9.68. The molecule has 0 aromatic heterocycles. The molecule has 1 fully saturated rings. The van der Waals surface area contributed by atoms with Gasteiger partial charge in [-0.15, -0.1) is 0 Å². The molecule has 44 heavy (non-hydrogen) atoms. The summed E-state index contributed by atoms with van der Waals surface area (Å²) in [7, 11) is 3.41. The Balaban J connectivity index is 1.47. The Kier molecular flexibility index (Phi) is 8.46. The first kappa shape index (κ1) is 30.9. The molecule has 0 saturated heterocycles. The summed E-state index contributed by atoms with van der Waals surface area (Å²) in [5.41, 5.74) is 0.743. The van der Waals surface area contributed by atoms with Crippen LogP contribution in [0.1, 0.15) is 62.1 Å². The van der Waals surface area contributed by atoms with Crippen molar-refractivity contribution in [2.24, 2.45) is 11.8 Å². The Morgan fingerprint density at radius 2 is 2.00 bits per heavy atom. The van der Waals surface area contributed by atoms with E-state index in [1.165, 1.54) is 16.0 Å². The third kappa shape index (κ3) is 5.50. The molecule has 6 rings (SSSR count). The molecule has 2 aliphatic heterocycles. The van der Waals surface area contributed by atoms with Gasteiger partial charge in [0.15, 0.2) is 5.60 Å². The van der Waals surface area contributed by atoms with Gasteiger partial charge in [-0.3, -0.25) is 4.79 Å². The molecule has 2 N–H and O–H groups in total. The predicted molar refractivity (Wildman–Crippen MR) is 169 cm³/mol. The number of aliphatic carboxylic acids is 1. The molecule has 6 atom stereocenters. The van der Waals surface area contributed by atoms with E-state index >= 15 is 0 Å². The molecule has 236 valence electrons. The number of nitrogens with zero attached hydrogens (tertiary/aromatic N) is 2. The smallest absolute Gasteiger partial charge is 0.340 e. The van der Waals surface area contributed by atoms with Crippen molar-refractivity contribution in [1.29, 1.82) is 0 Å². The number of fused-ring (bicyclic) bond motifs is 4. The fourth-order valence-corrected chi connectivity index (χ4v) is 7.96. The van der Waals surface area contributed by atoms with Crippen LogP contribution in [0.4, 0.5) is 5.69 Å². The van der Waals surface area contributed by atoms with Gasteiger partial charge in [0.2, 0.25) is 5.91 Å². The molecule has 9 heteroatoms. The van der Waals surface area contributed by atoms with Gasteiger partial charge < -0.3 is 29.5 Å². The SMILES string of the molecule is CO[C@H]1/C=C/C[C@H](C)N(C)C(=O)C[C@](O)(C(=O)O)c2ccc3c(c2)N(C[C@@H]2CC[C@H]21)C[C@@]1(CCCc2cc(Cl)ccc21)CO3. The fraction of sp³-hybridized carbons (Fsp3) is 0.543. The lowest BCUT2D eigenvalue weighted by molar-refractivity contribution is -0.165. The quantitative estimate of drug-likeness (QED) is 0.437. The van der Waals surface area contributed by atoms with Gasteiger partial charge in [-0.05, 0) is 98.2 Å². The second kappa shape index (κ2) is 12.0. The van der Waals surface area contributed by atoms with Crippen LogP contribution in [0.15, 0.2) is 48.6 Å². The number of carboxylic acids is 1. The minimum absolute atomic E-state index is 0.0347. The highest BCUT2D eigenvalue weighted by Gasteiger charge is 2.46. The molecule has 2 aromatic carbocycles. The van der Waals surface area contributed by atoms with E-state index in [0.717, 1.165) is 49.4 Å². The number of halogens is 1. The van der Waals surface area contributed by atoms with Crippen LogP contribution in [0.2, 0.25) is 5.02 Å². The highest BCUT2D eigenvalue weighted by molar-refractivity contribution is 6.30. The Labute approximate surface area is 264 Å². The van der Waals surface area contributed by atoms with E-state index < -0.39 is 23.9 Å². The number of benzene rings is 2. The molecule has 2 bridgehead atoms. The van der Waals surface area contributed by atoms with Crippen molar-refractivity contribution in [3.05, 3.63) is 70.3 Å². The average molecular weight is 623 g/mol. The number of aliphatic hydroxyl groups is 1. The maximum atomic E-state index is 13.4. The van der Waals surface area contributed by atoms with Crippen molar-refractivity contribution >= 4 is 29.2 Å². The maximum absolute atomic E-state index is 13.4. The molecule has 1 spiro atoms. The van der Waals surface area contributed by atoms with Crippen LogP contribution < -0.4 is 9.64 Å². The summed E-state index contributed by atoms with van der Waals surface area (Å²) in [5.74, 6) is -0.552. The van der Waals surface area contributed by atoms with Crippen LogP contribution >= 0.6 is 11.6 Å². The Hall–Kier alpha value is -3.07. The van der Waals surface area contributed by atoms with Crippen LogP contribution in [0.3, 0.4) is 0 Å². The second-order valence-electron chi connectivity index (χ2n) is 13.3. The number of carbonyl (C=O) groups is 2. The van der Waals surface area contributed by atoms with Gasteiger partial charge in [0.05, 0.1) is 24.8 Å². The number of methoxy groups -OCH3 is 1. The van der Waals surface area contributed by atoms with Crippen LogP contribution in [0.5, 0.6) is 5.75 Å². The molecular formula is C35H43ClN2O6. The molecule has 8 nitrogen and oxygen atoms in total. The van der Waals surface area contributed by atoms with Crippen molar-refractivity contribution < 1.29 is 29.3 Å². The third-order valence-corrected chi connectivity index (χ3v) is 11.0. The first-order valence-corrected chi connectivity index (χ1v) is 16.1. The topological polar surface area (TPSA) is 99.5 Å². The maximum Gasteiger partial charge on any atom is 0.340 e. The first-order chi connectivity index (χ1) is 21.0. The summed E-state index contributed by atoms with van der Waals surface area (Å²) >= 11 is 6.41. The number of amides is 1. The van der Waals surface area contributed by atoms with Gasteiger partial charge in [0.1, 0.15) is 5.75 Å². The molecule has 2 aromatic rings. The number of ether oxygens (including phenoxy) is 2. The largest absolute Gasteiger partial charge is 0.490 e. The fourth-order valence-electron chi connectivity index (χ4n) is 7.76. The minimum Gasteiger partial charge on any atom is -0.490 e. The van der Waals surface area contributed by atoms with Crippen LogP contribution in [-0.2, 0) is 31.8 Å². The molecule has 1 amide bonds. The van der Waals surface area contributed by atoms with Crippen molar-refractivity contribution in [3.63, 3.8) is 0 Å². The van der Waals surface area contributed by atoms with E-state index in [2.05, 4.69) is 29.2 Å². The third-order valence-electron chi connectivity index (χ3n) is 10.8. The average Bonchev–Trinajstić information content (AvgIpc) is 3.14. The zero-order valence-electron chi connectivity index (χ0n) is 25.8. The van der Waals surface area contributed by atoms with E-state index in [1.807, 2.05) is 13.0 Å². The molecule has 2 heterocycles. The lowest BCUT2D eigenvalue weighted by Gasteiger charge is -2.46. The van der Waals surface area contributed by atoms with Crippen molar-refractivity contribution in [2.45, 2.75) is 75.0 Å². The van der Waals surface area contributed by atoms with E-state index in [4.69, 9.17) is 21.1 Å². The first-order valence-electron chi connectivity index (χ1n) is 15.8. The van der Waals surface area contributed by atoms with Crippen LogP contribution in [0, 0.1) is 11.8 Å². The molecular weight excluding hydrogens is 580 g/mol. The van der Waals surface area contributed by atoms with Gasteiger partial charge in [0.25, 0.3) is 0 Å². The summed E-state index contributed by atoms with van der Waals surface area (Å²) in [4.78, 5) is 29.9. The summed E-state index contributed by atoms with van der Waals surface area (Å²) in [6, 6.07) is 11.1. The number of anilines is 1. The molecule has 0 unspecified atom stereocenters. The second-order valence-corrected chi connectivity index (χ2v) is 13.8. The summed E-state index contributed by atoms with van der Waals surface area (Å²) in [6.45, 7) is 3.82. The zero-order chi connectivity index (χ0) is 31.2. The summed E-state index contributed by atoms with van der Waals surface area (Å²) in [5, 5.41) is 22.7. The molecule has 0 radical (unpaired) electrons. The van der Waals surface area contributed by atoms with Gasteiger partial charge in [-0.1, -0.05) is 35.9 Å². The molecule has 4 aliphatic rings. The Bertz CT molecular complexity index is 1460. The number of carbonyl (C=O) groups excluding carboxylic acids is 1. The highest BCUT2D eigenvalue weighted by atomic mass is 35.5. The van der Waals surface area contributed by atoms with Gasteiger partial charge in [-0.25, -0.2) is 4.79 Å². The lowest BCUT2D eigenvalue weighted by Crippen LogP contribution is -2.49. The van der Waals surface area contributed by atoms with Crippen LogP contribution in [-0.4, -0.2) is 73.0 Å². The number of hydrogen-bond acceptors (Lipinski definition) is 6. The van der Waals surface area contributed by atoms with E-state index in [0.29, 0.717) is 37.2 Å². The Morgan fingerprint density at radius 3 is 2.73 bits per heavy atom. The number of carboxylic acid groups (broad SMARTS) is 1. The monoisotopic (exact) mass is 622 g/mol. The number of aryl methyl sites for hydroxylation is 1. The standard InChI is InChI=1S/C35H43ClN2O6/c1-22-6-4-8-30(43-3)27-12-9-24(27)19-38-20-34(15-5-7-23-16-26(36)11-13-28(23)34)21-44-31-14-10-25(17-29(31)38)35(42,33(40)41)18-32(39)37(22)2/h4,8,10-11,13-14,16-17,22,24,27,30,42H,5-7,9,12,15,18-21H2,1-3H3,(H,40,41)/b8-4+/t22-,24-,27+,30-,34-,35+/m0/s1.